The molecule has 20 rings (SSSR count). The normalized spacial score (nSPS) is 13.2. The number of nitrogens with zero attached hydrogens (tertiary/aromatic N) is 8. The van der Waals surface area contributed by atoms with Gasteiger partial charge in [0.2, 0.25) is 11.9 Å². The van der Waals surface area contributed by atoms with Gasteiger partial charge in [-0.2, -0.15) is 19.9 Å². The molecule has 0 spiro atoms. The van der Waals surface area contributed by atoms with E-state index >= 15 is 0 Å². The smallest absolute Gasteiger partial charge is 0.238 e. The second-order valence-corrected chi connectivity index (χ2v) is 26.0. The molecule has 18 aromatic rings. The Labute approximate surface area is 577 Å². The molecule has 0 N–H and O–H groups in total. The molecule has 8 heteroatoms. The molecule has 0 saturated carbocycles. The lowest BCUT2D eigenvalue weighted by Gasteiger charge is -2.34. The first-order chi connectivity index (χ1) is 49.6. The molecule has 2 aliphatic rings. The fraction of sp³-hybridized carbons (Fsp3) is 0.0217. The molecule has 8 nitrogen and oxygen atoms in total. The van der Waals surface area contributed by atoms with Gasteiger partial charge in [-0.15, -0.1) is 0 Å². The van der Waals surface area contributed by atoms with Gasteiger partial charge in [0.15, 0.2) is 23.3 Å². The fourth-order valence-electron chi connectivity index (χ4n) is 16.6. The van der Waals surface area contributed by atoms with Gasteiger partial charge in [0.1, 0.15) is 0 Å². The Morgan fingerprint density at radius 1 is 0.210 bits per heavy atom. The third kappa shape index (κ3) is 8.53. The third-order valence-electron chi connectivity index (χ3n) is 20.8. The molecule has 0 unspecified atom stereocenters. The molecule has 0 bridgehead atoms. The van der Waals surface area contributed by atoms with Crippen LogP contribution in [-0.4, -0.2) is 39.0 Å². The zero-order valence-electron chi connectivity index (χ0n) is 54.1. The Morgan fingerprint density at radius 2 is 0.620 bits per heavy atom. The molecule has 0 aliphatic heterocycles. The van der Waals surface area contributed by atoms with Crippen LogP contribution in [0.2, 0.25) is 0 Å². The highest BCUT2D eigenvalue weighted by Gasteiger charge is 2.49. The lowest BCUT2D eigenvalue weighted by atomic mass is 9.67. The zero-order chi connectivity index (χ0) is 65.9. The van der Waals surface area contributed by atoms with Crippen LogP contribution in [0.25, 0.3) is 134 Å². The quantitative estimate of drug-likeness (QED) is 0.128. The first-order valence-corrected chi connectivity index (χ1v) is 34.0. The molecule has 0 amide bonds. The summed E-state index contributed by atoms with van der Waals surface area (Å²) in [7, 11) is 0. The lowest BCUT2D eigenvalue weighted by molar-refractivity contribution is 0.769. The minimum Gasteiger partial charge on any atom is -0.278 e. The van der Waals surface area contributed by atoms with Crippen molar-refractivity contribution in [2.75, 3.05) is 0 Å². The Kier molecular flexibility index (Phi) is 12.9. The van der Waals surface area contributed by atoms with Gasteiger partial charge in [0, 0.05) is 43.8 Å². The predicted molar refractivity (Wildman–Crippen MR) is 404 cm³/mol. The summed E-state index contributed by atoms with van der Waals surface area (Å²) in [5.41, 5.74) is 22.7. The van der Waals surface area contributed by atoms with Gasteiger partial charge in [0.05, 0.1) is 32.9 Å². The van der Waals surface area contributed by atoms with Crippen molar-refractivity contribution in [2.24, 2.45) is 0 Å². The van der Waals surface area contributed by atoms with Crippen LogP contribution in [0.4, 0.5) is 0 Å². The standard InChI is InChI=1S/C92H58N8/c1-8-29-59(30-9-1)85-93-86(60-31-10-2-11-32-60)97-90(96-85)100-79-49-26-23-46-70(79)75-57-74-73-56-63(51-53-77(73)91(78(74)58-82(75)100,65-37-14-4-15-38-65)66-39-16-5-17-40-66)62-35-28-36-64(55-62)88-94-87(61-33-12-3-13-34-61)95-89(98-88)99-80-50-27-24-47-72(80)83-81(99)54-52-71-69-45-22-25-48-76(69)92(84(71)83,67-41-18-6-19-42-67)68-43-20-7-21-44-68/h1-58H. The zero-order valence-corrected chi connectivity index (χ0v) is 54.1. The van der Waals surface area contributed by atoms with Crippen molar-refractivity contribution >= 4 is 43.6 Å². The number of benzene rings is 14. The first-order valence-electron chi connectivity index (χ1n) is 34.0. The summed E-state index contributed by atoms with van der Waals surface area (Å²) in [6, 6.07) is 126. The van der Waals surface area contributed by atoms with E-state index in [2.05, 4.69) is 306 Å². The third-order valence-corrected chi connectivity index (χ3v) is 20.8. The summed E-state index contributed by atoms with van der Waals surface area (Å²) in [6.45, 7) is 0. The highest BCUT2D eigenvalue weighted by molar-refractivity contribution is 6.16. The second-order valence-electron chi connectivity index (χ2n) is 26.0. The Morgan fingerprint density at radius 3 is 1.18 bits per heavy atom. The van der Waals surface area contributed by atoms with Crippen LogP contribution in [0, 0.1) is 0 Å². The summed E-state index contributed by atoms with van der Waals surface area (Å²) >= 11 is 0. The SMILES string of the molecule is c1ccc(-c2nc(-c3ccccc3)nc(-n3c4ccccc4c4cc5c(cc43)C(c3ccccc3)(c3ccccc3)c3ccc(-c4cccc(-c6nc(-c7ccccc7)nc(-n7c8ccccc8c8c9c(ccc87)-c7ccccc7C9(c7ccccc7)c7ccccc7)n6)c4)cc3-5)n2)cc1. The van der Waals surface area contributed by atoms with Crippen molar-refractivity contribution in [2.45, 2.75) is 10.8 Å². The molecular formula is C92H58N8. The average Bonchev–Trinajstić information content (AvgIpc) is 1.52. The van der Waals surface area contributed by atoms with Crippen LogP contribution < -0.4 is 0 Å². The lowest BCUT2D eigenvalue weighted by Crippen LogP contribution is -2.28. The van der Waals surface area contributed by atoms with Crippen molar-refractivity contribution in [1.29, 1.82) is 0 Å². The van der Waals surface area contributed by atoms with E-state index in [4.69, 9.17) is 29.9 Å². The topological polar surface area (TPSA) is 87.2 Å². The number of hydrogen-bond donors (Lipinski definition) is 0. The van der Waals surface area contributed by atoms with Crippen LogP contribution in [-0.2, 0) is 10.8 Å². The molecule has 2 aliphatic carbocycles. The number of fused-ring (bicyclic) bond motifs is 13. The van der Waals surface area contributed by atoms with E-state index in [0.29, 0.717) is 35.2 Å². The summed E-state index contributed by atoms with van der Waals surface area (Å²) in [5, 5.41) is 4.47. The van der Waals surface area contributed by atoms with Gasteiger partial charge in [0.25, 0.3) is 0 Å². The van der Waals surface area contributed by atoms with E-state index in [1.807, 2.05) is 54.6 Å². The van der Waals surface area contributed by atoms with Crippen LogP contribution in [0.5, 0.6) is 0 Å². The minimum absolute atomic E-state index is 0.532. The van der Waals surface area contributed by atoms with Crippen molar-refractivity contribution in [3.8, 4) is 90.8 Å². The second kappa shape index (κ2) is 22.7. The maximum absolute atomic E-state index is 5.61. The monoisotopic (exact) mass is 1270 g/mol. The number of aromatic nitrogens is 8. The molecule has 466 valence electrons. The molecule has 4 heterocycles. The molecule has 14 aromatic carbocycles. The first kappa shape index (κ1) is 57.0. The number of rotatable bonds is 11. The number of hydrogen-bond acceptors (Lipinski definition) is 6. The van der Waals surface area contributed by atoms with Crippen LogP contribution in [0.1, 0.15) is 44.5 Å². The van der Waals surface area contributed by atoms with E-state index in [9.17, 15) is 0 Å². The van der Waals surface area contributed by atoms with E-state index < -0.39 is 10.8 Å². The summed E-state index contributed by atoms with van der Waals surface area (Å²) in [5.74, 6) is 3.42. The molecule has 100 heavy (non-hydrogen) atoms. The molecule has 4 aromatic heterocycles. The van der Waals surface area contributed by atoms with Gasteiger partial charge in [-0.05, 0) is 120 Å². The van der Waals surface area contributed by atoms with Crippen LogP contribution in [0.15, 0.2) is 352 Å². The van der Waals surface area contributed by atoms with E-state index in [1.165, 1.54) is 55.6 Å². The summed E-state index contributed by atoms with van der Waals surface area (Å²) in [6.07, 6.45) is 0. The van der Waals surface area contributed by atoms with E-state index in [0.717, 1.165) is 88.1 Å². The Balaban J connectivity index is 0.785. The highest BCUT2D eigenvalue weighted by Crippen LogP contribution is 2.61. The number of para-hydroxylation sites is 2. The van der Waals surface area contributed by atoms with Crippen molar-refractivity contribution in [3.63, 3.8) is 0 Å². The van der Waals surface area contributed by atoms with E-state index in [-0.39, 0.29) is 0 Å². The highest BCUT2D eigenvalue weighted by atomic mass is 15.2. The maximum Gasteiger partial charge on any atom is 0.238 e. The van der Waals surface area contributed by atoms with Gasteiger partial charge < -0.3 is 0 Å². The Hall–Kier alpha value is -13.3. The van der Waals surface area contributed by atoms with Crippen molar-refractivity contribution in [3.05, 3.63) is 396 Å². The van der Waals surface area contributed by atoms with Crippen LogP contribution in [0.3, 0.4) is 0 Å². The summed E-state index contributed by atoms with van der Waals surface area (Å²) < 4.78 is 4.51. The van der Waals surface area contributed by atoms with Gasteiger partial charge in [-0.1, -0.05) is 309 Å². The Bertz CT molecular complexity index is 6120. The van der Waals surface area contributed by atoms with Gasteiger partial charge in [-0.25, -0.2) is 9.97 Å². The molecule has 0 fully saturated rings. The predicted octanol–water partition coefficient (Wildman–Crippen LogP) is 21.3. The minimum atomic E-state index is -0.733. The fourth-order valence-corrected chi connectivity index (χ4v) is 16.6. The molecule has 0 saturated heterocycles. The summed E-state index contributed by atoms with van der Waals surface area (Å²) in [4.78, 5) is 32.4. The molecular weight excluding hydrogens is 1220 g/mol. The maximum atomic E-state index is 5.61. The average molecular weight is 1280 g/mol. The van der Waals surface area contributed by atoms with Gasteiger partial charge >= 0.3 is 0 Å². The van der Waals surface area contributed by atoms with Crippen LogP contribution >= 0.6 is 0 Å². The van der Waals surface area contributed by atoms with E-state index in [1.54, 1.807) is 0 Å². The van der Waals surface area contributed by atoms with Crippen molar-refractivity contribution < 1.29 is 0 Å². The van der Waals surface area contributed by atoms with Crippen molar-refractivity contribution in [1.82, 2.24) is 39.0 Å². The molecule has 0 atom stereocenters. The largest absolute Gasteiger partial charge is 0.278 e. The molecule has 0 radical (unpaired) electrons. The van der Waals surface area contributed by atoms with Gasteiger partial charge in [-0.3, -0.25) is 9.13 Å².